The summed E-state index contributed by atoms with van der Waals surface area (Å²) in [5.74, 6) is 0.159. The SMILES string of the molecule is CCCc1ccc(OCCCC(=O)Nc2scc(-c3ccc(Cl)cc3)c2C(=O)OCC)cc1. The molecule has 1 amide bonds. The zero-order chi connectivity index (χ0) is 23.6. The summed E-state index contributed by atoms with van der Waals surface area (Å²) in [4.78, 5) is 25.2. The molecule has 0 aliphatic rings. The van der Waals surface area contributed by atoms with Crippen LogP contribution in [0.1, 0.15) is 49.0 Å². The van der Waals surface area contributed by atoms with Crippen LogP contribution in [0.4, 0.5) is 5.00 Å². The van der Waals surface area contributed by atoms with E-state index in [9.17, 15) is 9.59 Å². The van der Waals surface area contributed by atoms with Crippen molar-refractivity contribution in [3.8, 4) is 16.9 Å². The molecule has 1 N–H and O–H groups in total. The first-order valence-corrected chi connectivity index (χ1v) is 12.3. The lowest BCUT2D eigenvalue weighted by Crippen LogP contribution is -2.15. The highest BCUT2D eigenvalue weighted by atomic mass is 35.5. The van der Waals surface area contributed by atoms with Crippen LogP contribution in [-0.2, 0) is 16.0 Å². The first-order valence-electron chi connectivity index (χ1n) is 11.1. The van der Waals surface area contributed by atoms with Gasteiger partial charge in [-0.3, -0.25) is 4.79 Å². The minimum Gasteiger partial charge on any atom is -0.494 e. The minimum absolute atomic E-state index is 0.174. The van der Waals surface area contributed by atoms with Crippen LogP contribution >= 0.6 is 22.9 Å². The number of benzene rings is 2. The van der Waals surface area contributed by atoms with E-state index in [0.29, 0.717) is 34.2 Å². The second kappa shape index (κ2) is 12.4. The monoisotopic (exact) mass is 485 g/mol. The van der Waals surface area contributed by atoms with Crippen molar-refractivity contribution in [2.24, 2.45) is 0 Å². The Balaban J connectivity index is 1.59. The first-order chi connectivity index (χ1) is 16.0. The summed E-state index contributed by atoms with van der Waals surface area (Å²) in [6.07, 6.45) is 3.01. The van der Waals surface area contributed by atoms with Gasteiger partial charge in [-0.15, -0.1) is 11.3 Å². The second-order valence-electron chi connectivity index (χ2n) is 7.48. The van der Waals surface area contributed by atoms with Crippen LogP contribution in [0.2, 0.25) is 5.02 Å². The molecule has 0 fully saturated rings. The lowest BCUT2D eigenvalue weighted by molar-refractivity contribution is -0.116. The lowest BCUT2D eigenvalue weighted by Gasteiger charge is -2.10. The molecule has 5 nitrogen and oxygen atoms in total. The quantitative estimate of drug-likeness (QED) is 0.234. The lowest BCUT2D eigenvalue weighted by atomic mass is 10.0. The Bertz CT molecular complexity index is 1060. The zero-order valence-electron chi connectivity index (χ0n) is 18.9. The molecule has 3 aromatic rings. The van der Waals surface area contributed by atoms with Crippen molar-refractivity contribution in [3.63, 3.8) is 0 Å². The molecule has 0 saturated carbocycles. The average Bonchev–Trinajstić information content (AvgIpc) is 3.22. The van der Waals surface area contributed by atoms with Crippen LogP contribution in [-0.4, -0.2) is 25.1 Å². The summed E-state index contributed by atoms with van der Waals surface area (Å²) in [5.41, 5.74) is 3.19. The number of ether oxygens (including phenoxy) is 2. The molecule has 3 rings (SSSR count). The molecule has 7 heteroatoms. The van der Waals surface area contributed by atoms with Crippen molar-refractivity contribution in [2.75, 3.05) is 18.5 Å². The van der Waals surface area contributed by atoms with Gasteiger partial charge in [0.2, 0.25) is 5.91 Å². The van der Waals surface area contributed by atoms with Crippen molar-refractivity contribution in [2.45, 2.75) is 39.5 Å². The summed E-state index contributed by atoms with van der Waals surface area (Å²) < 4.78 is 11.0. The number of anilines is 1. The van der Waals surface area contributed by atoms with E-state index >= 15 is 0 Å². The molecular weight excluding hydrogens is 458 g/mol. The summed E-state index contributed by atoms with van der Waals surface area (Å²) in [6.45, 7) is 4.59. The third-order valence-electron chi connectivity index (χ3n) is 4.96. The highest BCUT2D eigenvalue weighted by Crippen LogP contribution is 2.36. The fraction of sp³-hybridized carbons (Fsp3) is 0.308. The van der Waals surface area contributed by atoms with Crippen LogP contribution in [0, 0.1) is 0 Å². The zero-order valence-corrected chi connectivity index (χ0v) is 20.4. The largest absolute Gasteiger partial charge is 0.494 e. The standard InChI is InChI=1S/C26H28ClNO4S/c1-3-6-18-8-14-21(15-9-18)32-16-5-7-23(29)28-25-24(26(30)31-4-2)22(17-33-25)19-10-12-20(27)13-11-19/h8-15,17H,3-7,16H2,1-2H3,(H,28,29). The van der Waals surface area contributed by atoms with Gasteiger partial charge in [0, 0.05) is 22.4 Å². The molecule has 0 aliphatic carbocycles. The number of thiophene rings is 1. The molecule has 2 aromatic carbocycles. The fourth-order valence-corrected chi connectivity index (χ4v) is 4.45. The summed E-state index contributed by atoms with van der Waals surface area (Å²) in [7, 11) is 0. The Labute approximate surface area is 203 Å². The van der Waals surface area contributed by atoms with Gasteiger partial charge in [-0.2, -0.15) is 0 Å². The van der Waals surface area contributed by atoms with E-state index in [4.69, 9.17) is 21.1 Å². The van der Waals surface area contributed by atoms with Crippen molar-refractivity contribution in [3.05, 3.63) is 70.1 Å². The van der Waals surface area contributed by atoms with E-state index < -0.39 is 5.97 Å². The van der Waals surface area contributed by atoms with Crippen LogP contribution < -0.4 is 10.1 Å². The van der Waals surface area contributed by atoms with Gasteiger partial charge in [0.05, 0.1) is 13.2 Å². The predicted octanol–water partition coefficient (Wildman–Crippen LogP) is 7.00. The van der Waals surface area contributed by atoms with Crippen molar-refractivity contribution < 1.29 is 19.1 Å². The number of hydrogen-bond donors (Lipinski definition) is 1. The maximum atomic E-state index is 12.6. The summed E-state index contributed by atoms with van der Waals surface area (Å²) >= 11 is 7.29. The molecule has 0 saturated heterocycles. The number of aryl methyl sites for hydroxylation is 1. The number of halogens is 1. The van der Waals surface area contributed by atoms with Crippen molar-refractivity contribution >= 4 is 39.8 Å². The highest BCUT2D eigenvalue weighted by Gasteiger charge is 2.22. The number of esters is 1. The molecule has 1 heterocycles. The third kappa shape index (κ3) is 7.07. The molecule has 174 valence electrons. The van der Waals surface area contributed by atoms with Crippen LogP contribution in [0.15, 0.2) is 53.9 Å². The van der Waals surface area contributed by atoms with Crippen molar-refractivity contribution in [1.29, 1.82) is 0 Å². The van der Waals surface area contributed by atoms with Gasteiger partial charge in [-0.25, -0.2) is 4.79 Å². The number of nitrogens with one attached hydrogen (secondary N) is 1. The smallest absolute Gasteiger partial charge is 0.341 e. The van der Waals surface area contributed by atoms with Gasteiger partial charge < -0.3 is 14.8 Å². The summed E-state index contributed by atoms with van der Waals surface area (Å²) in [5, 5.41) is 5.81. The average molecular weight is 486 g/mol. The Hall–Kier alpha value is -2.83. The Kier molecular flexibility index (Phi) is 9.34. The third-order valence-corrected chi connectivity index (χ3v) is 6.11. The van der Waals surface area contributed by atoms with Gasteiger partial charge in [0.1, 0.15) is 16.3 Å². The van der Waals surface area contributed by atoms with E-state index in [1.54, 1.807) is 19.1 Å². The van der Waals surface area contributed by atoms with E-state index in [1.807, 2.05) is 29.6 Å². The van der Waals surface area contributed by atoms with Crippen LogP contribution in [0.25, 0.3) is 11.1 Å². The minimum atomic E-state index is -0.464. The van der Waals surface area contributed by atoms with Crippen molar-refractivity contribution in [1.82, 2.24) is 0 Å². The molecule has 0 atom stereocenters. The Morgan fingerprint density at radius 3 is 2.42 bits per heavy atom. The van der Waals surface area contributed by atoms with Crippen LogP contribution in [0.5, 0.6) is 5.75 Å². The van der Waals surface area contributed by atoms with Gasteiger partial charge in [0.25, 0.3) is 0 Å². The summed E-state index contributed by atoms with van der Waals surface area (Å²) in [6, 6.07) is 15.3. The van der Waals surface area contributed by atoms with Gasteiger partial charge in [0.15, 0.2) is 0 Å². The van der Waals surface area contributed by atoms with E-state index in [0.717, 1.165) is 24.2 Å². The van der Waals surface area contributed by atoms with E-state index in [2.05, 4.69) is 24.4 Å². The number of rotatable bonds is 11. The number of carbonyl (C=O) groups excluding carboxylic acids is 2. The molecule has 0 spiro atoms. The Morgan fingerprint density at radius 1 is 1.03 bits per heavy atom. The molecule has 0 radical (unpaired) electrons. The number of hydrogen-bond acceptors (Lipinski definition) is 5. The molecule has 0 unspecified atom stereocenters. The molecule has 0 aliphatic heterocycles. The van der Waals surface area contributed by atoms with Gasteiger partial charge >= 0.3 is 5.97 Å². The predicted molar refractivity (Wildman–Crippen MR) is 135 cm³/mol. The normalized spacial score (nSPS) is 10.6. The van der Waals surface area contributed by atoms with E-state index in [-0.39, 0.29) is 18.9 Å². The topological polar surface area (TPSA) is 64.6 Å². The van der Waals surface area contributed by atoms with Gasteiger partial charge in [-0.05, 0) is 55.2 Å². The highest BCUT2D eigenvalue weighted by molar-refractivity contribution is 7.15. The molecular formula is C26H28ClNO4S. The second-order valence-corrected chi connectivity index (χ2v) is 8.79. The van der Waals surface area contributed by atoms with Crippen LogP contribution in [0.3, 0.4) is 0 Å². The number of carbonyl (C=O) groups is 2. The molecule has 0 bridgehead atoms. The maximum absolute atomic E-state index is 12.6. The molecule has 1 aromatic heterocycles. The first kappa shape index (κ1) is 24.8. The maximum Gasteiger partial charge on any atom is 0.341 e. The van der Waals surface area contributed by atoms with Gasteiger partial charge in [-0.1, -0.05) is 49.2 Å². The van der Waals surface area contributed by atoms with E-state index in [1.165, 1.54) is 16.9 Å². The Morgan fingerprint density at radius 2 is 1.76 bits per heavy atom. The molecule has 33 heavy (non-hydrogen) atoms. The fourth-order valence-electron chi connectivity index (χ4n) is 3.35. The number of amides is 1.